The zero-order valence-electron chi connectivity index (χ0n) is 14.5. The molecule has 2 aromatic carbocycles. The number of rotatable bonds is 6. The van der Waals surface area contributed by atoms with E-state index in [9.17, 15) is 4.79 Å². The van der Waals surface area contributed by atoms with Gasteiger partial charge in [-0.2, -0.15) is 0 Å². The Balaban J connectivity index is 2.37. The van der Waals surface area contributed by atoms with Crippen LogP contribution in [0.5, 0.6) is 5.75 Å². The SMILES string of the molecule is COc1ccc(NC(=O)C(C)(CC(C)C)OC)c2ccccc12. The Bertz CT molecular complexity index is 696. The maximum absolute atomic E-state index is 12.7. The van der Waals surface area contributed by atoms with Crippen molar-refractivity contribution in [2.45, 2.75) is 32.8 Å². The number of benzene rings is 2. The number of nitrogens with one attached hydrogen (secondary N) is 1. The Morgan fingerprint density at radius 3 is 2.35 bits per heavy atom. The predicted molar refractivity (Wildman–Crippen MR) is 94.0 cm³/mol. The van der Waals surface area contributed by atoms with Gasteiger partial charge in [0.05, 0.1) is 7.11 Å². The highest BCUT2D eigenvalue weighted by molar-refractivity contribution is 6.06. The molecule has 1 unspecified atom stereocenters. The molecule has 0 spiro atoms. The summed E-state index contributed by atoms with van der Waals surface area (Å²) in [6, 6.07) is 11.6. The number of methoxy groups -OCH3 is 2. The van der Waals surface area contributed by atoms with Crippen molar-refractivity contribution in [3.8, 4) is 5.75 Å². The lowest BCUT2D eigenvalue weighted by molar-refractivity contribution is -0.137. The molecule has 1 atom stereocenters. The van der Waals surface area contributed by atoms with Gasteiger partial charge >= 0.3 is 0 Å². The first-order valence-electron chi connectivity index (χ1n) is 7.83. The number of carbonyl (C=O) groups is 1. The van der Waals surface area contributed by atoms with E-state index in [2.05, 4.69) is 19.2 Å². The Morgan fingerprint density at radius 2 is 1.78 bits per heavy atom. The van der Waals surface area contributed by atoms with E-state index < -0.39 is 5.60 Å². The monoisotopic (exact) mass is 315 g/mol. The number of fused-ring (bicyclic) bond motifs is 1. The lowest BCUT2D eigenvalue weighted by Crippen LogP contribution is -2.43. The highest BCUT2D eigenvalue weighted by atomic mass is 16.5. The van der Waals surface area contributed by atoms with Crippen LogP contribution in [0.25, 0.3) is 10.8 Å². The van der Waals surface area contributed by atoms with Crippen LogP contribution in [0.4, 0.5) is 5.69 Å². The maximum atomic E-state index is 12.7. The number of anilines is 1. The third kappa shape index (κ3) is 3.64. The van der Waals surface area contributed by atoms with Crippen molar-refractivity contribution in [2.24, 2.45) is 5.92 Å². The summed E-state index contributed by atoms with van der Waals surface area (Å²) in [5.41, 5.74) is -0.0895. The molecular weight excluding hydrogens is 290 g/mol. The summed E-state index contributed by atoms with van der Waals surface area (Å²) in [5, 5.41) is 4.93. The second-order valence-electron chi connectivity index (χ2n) is 6.35. The van der Waals surface area contributed by atoms with E-state index in [1.54, 1.807) is 14.2 Å². The van der Waals surface area contributed by atoms with Crippen LogP contribution in [0.3, 0.4) is 0 Å². The van der Waals surface area contributed by atoms with E-state index in [0.29, 0.717) is 12.3 Å². The molecule has 1 amide bonds. The quantitative estimate of drug-likeness (QED) is 0.867. The molecule has 23 heavy (non-hydrogen) atoms. The number of ether oxygens (including phenoxy) is 2. The molecule has 4 nitrogen and oxygen atoms in total. The summed E-state index contributed by atoms with van der Waals surface area (Å²) in [6.45, 7) is 5.98. The Morgan fingerprint density at radius 1 is 1.13 bits per heavy atom. The van der Waals surface area contributed by atoms with Crippen LogP contribution in [0.1, 0.15) is 27.2 Å². The molecule has 0 saturated heterocycles. The Labute approximate surface area is 137 Å². The highest BCUT2D eigenvalue weighted by Gasteiger charge is 2.34. The van der Waals surface area contributed by atoms with Crippen LogP contribution in [0.15, 0.2) is 36.4 Å². The van der Waals surface area contributed by atoms with Gasteiger partial charge in [0.1, 0.15) is 11.4 Å². The summed E-state index contributed by atoms with van der Waals surface area (Å²) in [5.74, 6) is 1.01. The van der Waals surface area contributed by atoms with Gasteiger partial charge in [-0.1, -0.05) is 38.1 Å². The van der Waals surface area contributed by atoms with Crippen LogP contribution in [0.2, 0.25) is 0 Å². The normalized spacial score (nSPS) is 13.8. The molecule has 4 heteroatoms. The summed E-state index contributed by atoms with van der Waals surface area (Å²) in [7, 11) is 3.22. The van der Waals surface area contributed by atoms with Crippen molar-refractivity contribution in [1.82, 2.24) is 0 Å². The van der Waals surface area contributed by atoms with Gasteiger partial charge in [-0.05, 0) is 31.4 Å². The van der Waals surface area contributed by atoms with E-state index in [1.807, 2.05) is 43.3 Å². The third-order valence-electron chi connectivity index (χ3n) is 4.08. The van der Waals surface area contributed by atoms with Crippen molar-refractivity contribution in [3.63, 3.8) is 0 Å². The van der Waals surface area contributed by atoms with Gasteiger partial charge in [0.25, 0.3) is 5.91 Å². The average Bonchev–Trinajstić information content (AvgIpc) is 2.54. The van der Waals surface area contributed by atoms with Crippen LogP contribution in [-0.4, -0.2) is 25.7 Å². The van der Waals surface area contributed by atoms with Gasteiger partial charge in [-0.3, -0.25) is 4.79 Å². The highest BCUT2D eigenvalue weighted by Crippen LogP contribution is 2.32. The topological polar surface area (TPSA) is 47.6 Å². The second-order valence-corrected chi connectivity index (χ2v) is 6.35. The van der Waals surface area contributed by atoms with Crippen molar-refractivity contribution < 1.29 is 14.3 Å². The summed E-state index contributed by atoms with van der Waals surface area (Å²) >= 11 is 0. The molecule has 0 fully saturated rings. The third-order valence-corrected chi connectivity index (χ3v) is 4.08. The van der Waals surface area contributed by atoms with Gasteiger partial charge in [0, 0.05) is 23.6 Å². The zero-order valence-corrected chi connectivity index (χ0v) is 14.5. The molecule has 0 aliphatic rings. The van der Waals surface area contributed by atoms with Gasteiger partial charge in [-0.15, -0.1) is 0 Å². The second kappa shape index (κ2) is 7.01. The van der Waals surface area contributed by atoms with Crippen molar-refractivity contribution in [2.75, 3.05) is 19.5 Å². The van der Waals surface area contributed by atoms with E-state index in [0.717, 1.165) is 22.2 Å². The largest absolute Gasteiger partial charge is 0.496 e. The van der Waals surface area contributed by atoms with Crippen LogP contribution in [0, 0.1) is 5.92 Å². The zero-order chi connectivity index (χ0) is 17.0. The van der Waals surface area contributed by atoms with E-state index in [1.165, 1.54) is 0 Å². The van der Waals surface area contributed by atoms with E-state index >= 15 is 0 Å². The van der Waals surface area contributed by atoms with Gasteiger partial charge in [-0.25, -0.2) is 0 Å². The van der Waals surface area contributed by atoms with Crippen LogP contribution < -0.4 is 10.1 Å². The molecule has 0 radical (unpaired) electrons. The summed E-state index contributed by atoms with van der Waals surface area (Å²) in [6.07, 6.45) is 0.656. The minimum absolute atomic E-state index is 0.135. The molecule has 0 heterocycles. The lowest BCUT2D eigenvalue weighted by Gasteiger charge is -2.28. The molecule has 0 aliphatic carbocycles. The van der Waals surface area contributed by atoms with Crippen LogP contribution >= 0.6 is 0 Å². The van der Waals surface area contributed by atoms with Crippen molar-refractivity contribution in [3.05, 3.63) is 36.4 Å². The van der Waals surface area contributed by atoms with Crippen molar-refractivity contribution in [1.29, 1.82) is 0 Å². The molecule has 2 rings (SSSR count). The molecule has 0 saturated carbocycles. The average molecular weight is 315 g/mol. The van der Waals surface area contributed by atoms with Crippen LogP contribution in [-0.2, 0) is 9.53 Å². The minimum Gasteiger partial charge on any atom is -0.496 e. The number of hydrogen-bond donors (Lipinski definition) is 1. The fraction of sp³-hybridized carbons (Fsp3) is 0.421. The molecular formula is C19H25NO3. The van der Waals surface area contributed by atoms with E-state index in [-0.39, 0.29) is 5.91 Å². The molecule has 0 bridgehead atoms. The van der Waals surface area contributed by atoms with Gasteiger partial charge < -0.3 is 14.8 Å². The maximum Gasteiger partial charge on any atom is 0.256 e. The Hall–Kier alpha value is -2.07. The molecule has 2 aromatic rings. The Kier molecular flexibility index (Phi) is 5.26. The first-order chi connectivity index (χ1) is 10.9. The van der Waals surface area contributed by atoms with E-state index in [4.69, 9.17) is 9.47 Å². The fourth-order valence-electron chi connectivity index (χ4n) is 2.86. The summed E-state index contributed by atoms with van der Waals surface area (Å²) in [4.78, 5) is 12.7. The number of amides is 1. The lowest BCUT2D eigenvalue weighted by atomic mass is 9.93. The van der Waals surface area contributed by atoms with Gasteiger partial charge in [0.15, 0.2) is 0 Å². The molecule has 1 N–H and O–H groups in total. The fourth-order valence-corrected chi connectivity index (χ4v) is 2.86. The van der Waals surface area contributed by atoms with Crippen molar-refractivity contribution >= 4 is 22.4 Å². The number of carbonyl (C=O) groups excluding carboxylic acids is 1. The smallest absolute Gasteiger partial charge is 0.256 e. The summed E-state index contributed by atoms with van der Waals surface area (Å²) < 4.78 is 10.9. The first kappa shape index (κ1) is 17.3. The number of hydrogen-bond acceptors (Lipinski definition) is 3. The first-order valence-corrected chi connectivity index (χ1v) is 7.83. The molecule has 0 aliphatic heterocycles. The molecule has 124 valence electrons. The van der Waals surface area contributed by atoms with Gasteiger partial charge in [0.2, 0.25) is 0 Å². The predicted octanol–water partition coefficient (Wildman–Crippen LogP) is 4.24. The molecule has 0 aromatic heterocycles. The standard InChI is InChI=1S/C19H25NO3/c1-13(2)12-19(3,23-5)18(21)20-16-10-11-17(22-4)15-9-7-6-8-14(15)16/h6-11,13H,12H2,1-5H3,(H,20,21). The minimum atomic E-state index is -0.852.